The highest BCUT2D eigenvalue weighted by molar-refractivity contribution is 5.81. The number of nitrogens with zero attached hydrogens (tertiary/aromatic N) is 3. The van der Waals surface area contributed by atoms with Crippen LogP contribution in [0.1, 0.15) is 23.9 Å². The molecule has 0 saturated heterocycles. The van der Waals surface area contributed by atoms with E-state index >= 15 is 0 Å². The third-order valence-corrected chi connectivity index (χ3v) is 2.64. The molecule has 0 atom stereocenters. The van der Waals surface area contributed by atoms with Crippen LogP contribution in [0.5, 0.6) is 11.5 Å². The molecule has 6 heteroatoms. The monoisotopic (exact) mass is 286 g/mol. The van der Waals surface area contributed by atoms with Crippen LogP contribution in [-0.4, -0.2) is 27.9 Å². The van der Waals surface area contributed by atoms with Gasteiger partial charge in [0.05, 0.1) is 12.8 Å². The number of hydrogen-bond donors (Lipinski definition) is 2. The van der Waals surface area contributed by atoms with Gasteiger partial charge in [0, 0.05) is 11.4 Å². The van der Waals surface area contributed by atoms with Gasteiger partial charge in [-0.2, -0.15) is 5.10 Å². The molecular weight excluding hydrogens is 268 g/mol. The lowest BCUT2D eigenvalue weighted by molar-refractivity contribution is 0.318. The predicted octanol–water partition coefficient (Wildman–Crippen LogP) is 2.64. The molecule has 1 aromatic heterocycles. The van der Waals surface area contributed by atoms with Crippen LogP contribution in [0.2, 0.25) is 0 Å². The van der Waals surface area contributed by atoms with Crippen molar-refractivity contribution in [3.63, 3.8) is 0 Å². The van der Waals surface area contributed by atoms with Crippen molar-refractivity contribution in [3.8, 4) is 11.5 Å². The lowest BCUT2D eigenvalue weighted by atomic mass is 10.2. The summed E-state index contributed by atoms with van der Waals surface area (Å²) in [5.74, 6) is 0.989. The maximum atomic E-state index is 9.78. The van der Waals surface area contributed by atoms with E-state index in [1.54, 1.807) is 24.4 Å². The summed E-state index contributed by atoms with van der Waals surface area (Å²) in [4.78, 5) is 8.43. The summed E-state index contributed by atoms with van der Waals surface area (Å²) in [6.07, 6.45) is 1.58. The number of anilines is 1. The molecule has 0 radical (unpaired) electrons. The number of rotatable bonds is 5. The number of aromatic hydroxyl groups is 1. The number of aromatic nitrogens is 2. The number of hydrazone groups is 1. The van der Waals surface area contributed by atoms with E-state index in [0.29, 0.717) is 18.3 Å². The molecule has 2 aromatic rings. The minimum atomic E-state index is 0.0865. The van der Waals surface area contributed by atoms with Gasteiger partial charge in [0.15, 0.2) is 11.5 Å². The zero-order chi connectivity index (χ0) is 15.2. The smallest absolute Gasteiger partial charge is 0.243 e. The molecule has 6 nitrogen and oxygen atoms in total. The zero-order valence-corrected chi connectivity index (χ0v) is 12.3. The Morgan fingerprint density at radius 3 is 2.57 bits per heavy atom. The van der Waals surface area contributed by atoms with Gasteiger partial charge in [0.1, 0.15) is 0 Å². The Kier molecular flexibility index (Phi) is 4.71. The molecule has 2 N–H and O–H groups in total. The summed E-state index contributed by atoms with van der Waals surface area (Å²) in [5.41, 5.74) is 5.26. The fourth-order valence-corrected chi connectivity index (χ4v) is 1.83. The summed E-state index contributed by atoms with van der Waals surface area (Å²) in [7, 11) is 0. The van der Waals surface area contributed by atoms with Gasteiger partial charge in [0.2, 0.25) is 5.95 Å². The second-order valence-corrected chi connectivity index (χ2v) is 4.50. The van der Waals surface area contributed by atoms with Gasteiger partial charge in [-0.1, -0.05) is 0 Å². The zero-order valence-electron chi connectivity index (χ0n) is 12.3. The molecule has 1 aromatic carbocycles. The van der Waals surface area contributed by atoms with Crippen LogP contribution in [0.3, 0.4) is 0 Å². The highest BCUT2D eigenvalue weighted by Gasteiger charge is 2.02. The molecule has 0 fully saturated rings. The second kappa shape index (κ2) is 6.69. The third-order valence-electron chi connectivity index (χ3n) is 2.64. The number of hydrogen-bond acceptors (Lipinski definition) is 6. The van der Waals surface area contributed by atoms with E-state index in [1.807, 2.05) is 26.8 Å². The Hall–Kier alpha value is -2.63. The first-order valence-corrected chi connectivity index (χ1v) is 6.65. The van der Waals surface area contributed by atoms with Gasteiger partial charge in [-0.15, -0.1) is 0 Å². The van der Waals surface area contributed by atoms with Crippen LogP contribution in [0.4, 0.5) is 5.95 Å². The highest BCUT2D eigenvalue weighted by Crippen LogP contribution is 2.26. The molecule has 0 saturated carbocycles. The molecule has 0 aliphatic heterocycles. The maximum Gasteiger partial charge on any atom is 0.243 e. The number of ether oxygens (including phenoxy) is 1. The quantitative estimate of drug-likeness (QED) is 0.652. The Balaban J connectivity index is 2.05. The molecule has 0 aliphatic carbocycles. The van der Waals surface area contributed by atoms with Crippen LogP contribution in [-0.2, 0) is 0 Å². The number of benzene rings is 1. The average Bonchev–Trinajstić information content (AvgIpc) is 2.41. The van der Waals surface area contributed by atoms with Gasteiger partial charge >= 0.3 is 0 Å². The Labute approximate surface area is 123 Å². The molecule has 1 heterocycles. The van der Waals surface area contributed by atoms with Crippen molar-refractivity contribution >= 4 is 12.2 Å². The van der Waals surface area contributed by atoms with Crippen molar-refractivity contribution in [2.24, 2.45) is 5.10 Å². The maximum absolute atomic E-state index is 9.78. The first-order valence-electron chi connectivity index (χ1n) is 6.65. The highest BCUT2D eigenvalue weighted by atomic mass is 16.5. The normalized spacial score (nSPS) is 10.8. The number of aryl methyl sites for hydroxylation is 2. The summed E-state index contributed by atoms with van der Waals surface area (Å²) >= 11 is 0. The van der Waals surface area contributed by atoms with Gasteiger partial charge in [-0.25, -0.2) is 15.4 Å². The van der Waals surface area contributed by atoms with Crippen molar-refractivity contribution in [3.05, 3.63) is 41.2 Å². The summed E-state index contributed by atoms with van der Waals surface area (Å²) in [6, 6.07) is 6.98. The molecule has 0 spiro atoms. The molecule has 0 amide bonds. The van der Waals surface area contributed by atoms with Crippen LogP contribution in [0.15, 0.2) is 29.4 Å². The Morgan fingerprint density at radius 1 is 1.24 bits per heavy atom. The van der Waals surface area contributed by atoms with Crippen LogP contribution in [0, 0.1) is 13.8 Å². The van der Waals surface area contributed by atoms with E-state index in [-0.39, 0.29) is 5.75 Å². The minimum absolute atomic E-state index is 0.0865. The van der Waals surface area contributed by atoms with E-state index < -0.39 is 0 Å². The van der Waals surface area contributed by atoms with Gasteiger partial charge < -0.3 is 9.84 Å². The van der Waals surface area contributed by atoms with Crippen molar-refractivity contribution in [1.82, 2.24) is 9.97 Å². The second-order valence-electron chi connectivity index (χ2n) is 4.50. The molecule has 0 bridgehead atoms. The van der Waals surface area contributed by atoms with Gasteiger partial charge in [-0.05, 0) is 50.6 Å². The van der Waals surface area contributed by atoms with Crippen LogP contribution >= 0.6 is 0 Å². The standard InChI is InChI=1S/C15H18N4O2/c1-4-21-14-6-5-12(8-13(14)20)9-16-19-15-17-10(2)7-11(3)18-15/h5-9,20H,4H2,1-3H3,(H,17,18,19). The largest absolute Gasteiger partial charge is 0.504 e. The Morgan fingerprint density at radius 2 is 1.95 bits per heavy atom. The van der Waals surface area contributed by atoms with Crippen molar-refractivity contribution in [2.45, 2.75) is 20.8 Å². The molecular formula is C15H18N4O2. The minimum Gasteiger partial charge on any atom is -0.504 e. The number of phenolic OH excluding ortho intramolecular Hbond substituents is 1. The number of phenols is 1. The third kappa shape index (κ3) is 4.17. The number of nitrogens with one attached hydrogen (secondary N) is 1. The van der Waals surface area contributed by atoms with Crippen molar-refractivity contribution < 1.29 is 9.84 Å². The molecule has 2 rings (SSSR count). The van der Waals surface area contributed by atoms with Crippen molar-refractivity contribution in [2.75, 3.05) is 12.0 Å². The van der Waals surface area contributed by atoms with Gasteiger partial charge in [-0.3, -0.25) is 0 Å². The van der Waals surface area contributed by atoms with E-state index in [9.17, 15) is 5.11 Å². The lowest BCUT2D eigenvalue weighted by Crippen LogP contribution is -1.99. The van der Waals surface area contributed by atoms with E-state index in [4.69, 9.17) is 4.74 Å². The first kappa shape index (κ1) is 14.8. The van der Waals surface area contributed by atoms with E-state index in [1.165, 1.54) is 0 Å². The SMILES string of the molecule is CCOc1ccc(C=NNc2nc(C)cc(C)n2)cc1O. The topological polar surface area (TPSA) is 79.6 Å². The van der Waals surface area contributed by atoms with Gasteiger partial charge in [0.25, 0.3) is 0 Å². The molecule has 21 heavy (non-hydrogen) atoms. The van der Waals surface area contributed by atoms with Crippen LogP contribution in [0.25, 0.3) is 0 Å². The fraction of sp³-hybridized carbons (Fsp3) is 0.267. The summed E-state index contributed by atoms with van der Waals surface area (Å²) in [5, 5.41) is 13.8. The first-order chi connectivity index (χ1) is 10.1. The van der Waals surface area contributed by atoms with Crippen LogP contribution < -0.4 is 10.2 Å². The van der Waals surface area contributed by atoms with Crippen molar-refractivity contribution in [1.29, 1.82) is 0 Å². The molecule has 0 unspecified atom stereocenters. The van der Waals surface area contributed by atoms with E-state index in [0.717, 1.165) is 17.0 Å². The lowest BCUT2D eigenvalue weighted by Gasteiger charge is -2.05. The van der Waals surface area contributed by atoms with E-state index in [2.05, 4.69) is 20.5 Å². The average molecular weight is 286 g/mol. The summed E-state index contributed by atoms with van der Waals surface area (Å²) < 4.78 is 5.26. The predicted molar refractivity (Wildman–Crippen MR) is 82.0 cm³/mol. The molecule has 0 aliphatic rings. The molecule has 110 valence electrons. The summed E-state index contributed by atoms with van der Waals surface area (Å²) in [6.45, 7) is 6.16. The Bertz CT molecular complexity index is 636. The fourth-order valence-electron chi connectivity index (χ4n) is 1.83.